The van der Waals surface area contributed by atoms with Crippen molar-refractivity contribution in [2.45, 2.75) is 26.7 Å². The van der Waals surface area contributed by atoms with Crippen LogP contribution in [0.5, 0.6) is 0 Å². The molecule has 0 radical (unpaired) electrons. The summed E-state index contributed by atoms with van der Waals surface area (Å²) in [6.45, 7) is 9.85. The molecule has 5 nitrogen and oxygen atoms in total. The van der Waals surface area contributed by atoms with Gasteiger partial charge in [0.2, 0.25) is 0 Å². The van der Waals surface area contributed by atoms with E-state index in [9.17, 15) is 0 Å². The Bertz CT molecular complexity index is 475. The van der Waals surface area contributed by atoms with Crippen molar-refractivity contribution in [1.82, 2.24) is 14.9 Å². The predicted octanol–water partition coefficient (Wildman–Crippen LogP) is 1.67. The van der Waals surface area contributed by atoms with Gasteiger partial charge in [0.15, 0.2) is 0 Å². The molecule has 1 N–H and O–H groups in total. The number of aromatic nitrogens is 2. The molecule has 2 heterocycles. The Labute approximate surface area is 121 Å². The Balaban J connectivity index is 1.69. The fraction of sp³-hybridized carbons (Fsp3) is 0.733. The van der Waals surface area contributed by atoms with Crippen LogP contribution in [0.3, 0.4) is 0 Å². The van der Waals surface area contributed by atoms with Crippen molar-refractivity contribution >= 4 is 11.6 Å². The standard InChI is InChI=1S/C15H25N5/c1-11-14(16-3)17-12(2)18-15(11)20-8-6-19(7-9-20)10-13-4-5-13/h13H,4-10H2,1-3H3,(H,16,17,18). The fourth-order valence-electron chi connectivity index (χ4n) is 2.97. The Morgan fingerprint density at radius 2 is 1.80 bits per heavy atom. The summed E-state index contributed by atoms with van der Waals surface area (Å²) in [5.74, 6) is 3.89. The lowest BCUT2D eigenvalue weighted by Crippen LogP contribution is -2.47. The summed E-state index contributed by atoms with van der Waals surface area (Å²) in [4.78, 5) is 14.1. The van der Waals surface area contributed by atoms with Gasteiger partial charge in [-0.1, -0.05) is 0 Å². The molecule has 2 fully saturated rings. The van der Waals surface area contributed by atoms with Crippen molar-refractivity contribution in [3.8, 4) is 0 Å². The first-order chi connectivity index (χ1) is 9.67. The Kier molecular flexibility index (Phi) is 3.78. The maximum absolute atomic E-state index is 4.66. The highest BCUT2D eigenvalue weighted by Crippen LogP contribution is 2.30. The fourth-order valence-corrected chi connectivity index (χ4v) is 2.97. The van der Waals surface area contributed by atoms with Crippen LogP contribution in [-0.2, 0) is 0 Å². The molecule has 0 bridgehead atoms. The van der Waals surface area contributed by atoms with Crippen molar-refractivity contribution in [3.05, 3.63) is 11.4 Å². The second-order valence-corrected chi connectivity index (χ2v) is 6.05. The van der Waals surface area contributed by atoms with E-state index in [4.69, 9.17) is 0 Å². The molecular weight excluding hydrogens is 250 g/mol. The first-order valence-electron chi connectivity index (χ1n) is 7.67. The molecule has 2 aliphatic rings. The molecule has 1 saturated carbocycles. The van der Waals surface area contributed by atoms with Crippen LogP contribution in [0.15, 0.2) is 0 Å². The van der Waals surface area contributed by atoms with E-state index in [-0.39, 0.29) is 0 Å². The van der Waals surface area contributed by atoms with Gasteiger partial charge < -0.3 is 10.2 Å². The van der Waals surface area contributed by atoms with Gasteiger partial charge in [0.1, 0.15) is 17.5 Å². The largest absolute Gasteiger partial charge is 0.373 e. The maximum Gasteiger partial charge on any atom is 0.137 e. The second-order valence-electron chi connectivity index (χ2n) is 6.05. The third kappa shape index (κ3) is 2.87. The molecule has 20 heavy (non-hydrogen) atoms. The quantitative estimate of drug-likeness (QED) is 0.905. The number of piperazine rings is 1. The van der Waals surface area contributed by atoms with E-state index in [1.54, 1.807) is 0 Å². The highest BCUT2D eigenvalue weighted by molar-refractivity contribution is 5.58. The van der Waals surface area contributed by atoms with Crippen molar-refractivity contribution in [1.29, 1.82) is 0 Å². The number of rotatable bonds is 4. The molecule has 1 aromatic heterocycles. The van der Waals surface area contributed by atoms with E-state index >= 15 is 0 Å². The van der Waals surface area contributed by atoms with E-state index in [2.05, 4.69) is 32.0 Å². The minimum absolute atomic E-state index is 0.843. The molecule has 0 spiro atoms. The predicted molar refractivity (Wildman–Crippen MR) is 82.4 cm³/mol. The van der Waals surface area contributed by atoms with E-state index in [1.807, 2.05) is 14.0 Å². The molecule has 110 valence electrons. The van der Waals surface area contributed by atoms with Crippen LogP contribution in [0.4, 0.5) is 11.6 Å². The number of anilines is 2. The van der Waals surface area contributed by atoms with Gasteiger partial charge in [-0.3, -0.25) is 4.90 Å². The lowest BCUT2D eigenvalue weighted by Gasteiger charge is -2.36. The summed E-state index contributed by atoms with van der Waals surface area (Å²) >= 11 is 0. The Hall–Kier alpha value is -1.36. The highest BCUT2D eigenvalue weighted by atomic mass is 15.3. The van der Waals surface area contributed by atoms with E-state index in [1.165, 1.54) is 19.4 Å². The molecule has 5 heteroatoms. The lowest BCUT2D eigenvalue weighted by atomic mass is 10.2. The van der Waals surface area contributed by atoms with Gasteiger partial charge in [0.25, 0.3) is 0 Å². The normalized spacial score (nSPS) is 20.2. The molecular formula is C15H25N5. The van der Waals surface area contributed by atoms with Crippen LogP contribution in [0.1, 0.15) is 24.2 Å². The van der Waals surface area contributed by atoms with Crippen LogP contribution in [0.2, 0.25) is 0 Å². The first kappa shape index (κ1) is 13.6. The van der Waals surface area contributed by atoms with Crippen molar-refractivity contribution in [2.75, 3.05) is 50.0 Å². The zero-order valence-electron chi connectivity index (χ0n) is 12.8. The summed E-state index contributed by atoms with van der Waals surface area (Å²) in [5.41, 5.74) is 1.16. The summed E-state index contributed by atoms with van der Waals surface area (Å²) in [6.07, 6.45) is 2.88. The van der Waals surface area contributed by atoms with Crippen molar-refractivity contribution < 1.29 is 0 Å². The van der Waals surface area contributed by atoms with Crippen LogP contribution in [-0.4, -0.2) is 54.6 Å². The summed E-state index contributed by atoms with van der Waals surface area (Å²) in [5, 5.41) is 3.17. The second kappa shape index (κ2) is 5.56. The third-order valence-electron chi connectivity index (χ3n) is 4.35. The summed E-state index contributed by atoms with van der Waals surface area (Å²) in [6, 6.07) is 0. The molecule has 1 aliphatic heterocycles. The van der Waals surface area contributed by atoms with Gasteiger partial charge in [-0.25, -0.2) is 9.97 Å². The number of nitrogens with one attached hydrogen (secondary N) is 1. The first-order valence-corrected chi connectivity index (χ1v) is 7.67. The summed E-state index contributed by atoms with van der Waals surface area (Å²) in [7, 11) is 1.92. The SMILES string of the molecule is CNc1nc(C)nc(N2CCN(CC3CC3)CC2)c1C. The molecule has 0 amide bonds. The third-order valence-corrected chi connectivity index (χ3v) is 4.35. The van der Waals surface area contributed by atoms with E-state index in [0.29, 0.717) is 0 Å². The number of nitrogens with zero attached hydrogens (tertiary/aromatic N) is 4. The molecule has 1 saturated heterocycles. The zero-order chi connectivity index (χ0) is 14.1. The Morgan fingerprint density at radius 3 is 2.40 bits per heavy atom. The van der Waals surface area contributed by atoms with Gasteiger partial charge in [0.05, 0.1) is 0 Å². The molecule has 1 aliphatic carbocycles. The average molecular weight is 275 g/mol. The lowest BCUT2D eigenvalue weighted by molar-refractivity contribution is 0.247. The zero-order valence-corrected chi connectivity index (χ0v) is 12.8. The van der Waals surface area contributed by atoms with E-state index < -0.39 is 0 Å². The minimum Gasteiger partial charge on any atom is -0.373 e. The van der Waals surface area contributed by atoms with E-state index in [0.717, 1.165) is 55.1 Å². The summed E-state index contributed by atoms with van der Waals surface area (Å²) < 4.78 is 0. The topological polar surface area (TPSA) is 44.3 Å². The average Bonchev–Trinajstić information content (AvgIpc) is 3.26. The van der Waals surface area contributed by atoms with Crippen LogP contribution < -0.4 is 10.2 Å². The van der Waals surface area contributed by atoms with Gasteiger partial charge in [0, 0.05) is 45.3 Å². The van der Waals surface area contributed by atoms with Gasteiger partial charge in [-0.05, 0) is 32.6 Å². The number of hydrogen-bond donors (Lipinski definition) is 1. The number of aryl methyl sites for hydroxylation is 1. The smallest absolute Gasteiger partial charge is 0.137 e. The van der Waals surface area contributed by atoms with Crippen LogP contribution >= 0.6 is 0 Å². The van der Waals surface area contributed by atoms with Gasteiger partial charge in [-0.15, -0.1) is 0 Å². The van der Waals surface area contributed by atoms with Crippen LogP contribution in [0, 0.1) is 19.8 Å². The molecule has 0 unspecified atom stereocenters. The number of hydrogen-bond acceptors (Lipinski definition) is 5. The maximum atomic E-state index is 4.66. The van der Waals surface area contributed by atoms with Crippen molar-refractivity contribution in [2.24, 2.45) is 5.92 Å². The molecule has 0 aromatic carbocycles. The highest BCUT2D eigenvalue weighted by Gasteiger charge is 2.27. The molecule has 0 atom stereocenters. The van der Waals surface area contributed by atoms with Gasteiger partial charge in [-0.2, -0.15) is 0 Å². The van der Waals surface area contributed by atoms with Crippen molar-refractivity contribution in [3.63, 3.8) is 0 Å². The monoisotopic (exact) mass is 275 g/mol. The Morgan fingerprint density at radius 1 is 1.10 bits per heavy atom. The van der Waals surface area contributed by atoms with Gasteiger partial charge >= 0.3 is 0 Å². The van der Waals surface area contributed by atoms with Crippen LogP contribution in [0.25, 0.3) is 0 Å². The minimum atomic E-state index is 0.843. The molecule has 1 aromatic rings. The molecule has 3 rings (SSSR count).